The van der Waals surface area contributed by atoms with Gasteiger partial charge in [-0.25, -0.2) is 0 Å². The molecule has 2 saturated heterocycles. The van der Waals surface area contributed by atoms with Gasteiger partial charge < -0.3 is 10.2 Å². The lowest BCUT2D eigenvalue weighted by atomic mass is 9.95. The van der Waals surface area contributed by atoms with E-state index in [2.05, 4.69) is 34.5 Å². The third kappa shape index (κ3) is 5.73. The molecular formula is C26H33N3O2. The molecule has 2 aliphatic rings. The van der Waals surface area contributed by atoms with Gasteiger partial charge in [0.2, 0.25) is 5.91 Å². The van der Waals surface area contributed by atoms with E-state index in [1.54, 1.807) is 0 Å². The van der Waals surface area contributed by atoms with E-state index in [9.17, 15) is 9.59 Å². The molecule has 5 heteroatoms. The van der Waals surface area contributed by atoms with Gasteiger partial charge in [0, 0.05) is 25.6 Å². The lowest BCUT2D eigenvalue weighted by Gasteiger charge is -2.31. The Morgan fingerprint density at radius 3 is 2.16 bits per heavy atom. The van der Waals surface area contributed by atoms with Crippen molar-refractivity contribution in [2.24, 2.45) is 5.92 Å². The molecule has 5 nitrogen and oxygen atoms in total. The number of amides is 2. The number of carbonyl (C=O) groups is 2. The smallest absolute Gasteiger partial charge is 0.255 e. The molecule has 0 bridgehead atoms. The Balaban J connectivity index is 1.34. The highest BCUT2D eigenvalue weighted by atomic mass is 16.2. The minimum Gasteiger partial charge on any atom is -0.339 e. The fraction of sp³-hybridized carbons (Fsp3) is 0.462. The first-order valence-electron chi connectivity index (χ1n) is 11.7. The van der Waals surface area contributed by atoms with Crippen molar-refractivity contribution in [2.45, 2.75) is 45.1 Å². The maximum absolute atomic E-state index is 13.1. The van der Waals surface area contributed by atoms with Crippen molar-refractivity contribution in [2.75, 3.05) is 31.5 Å². The topological polar surface area (TPSA) is 52.7 Å². The van der Waals surface area contributed by atoms with Gasteiger partial charge in [0.15, 0.2) is 0 Å². The molecule has 2 fully saturated rings. The van der Waals surface area contributed by atoms with Gasteiger partial charge in [-0.05, 0) is 56.5 Å². The Bertz CT molecular complexity index is 867. The SMILES string of the molecule is O=C(Nc1ccccc1C(=O)N1CCCCCC1)C1CCN(Cc2ccccc2)CC1. The predicted molar refractivity (Wildman–Crippen MR) is 124 cm³/mol. The van der Waals surface area contributed by atoms with Gasteiger partial charge in [0.05, 0.1) is 11.3 Å². The first kappa shape index (κ1) is 21.6. The van der Waals surface area contributed by atoms with E-state index in [-0.39, 0.29) is 17.7 Å². The molecule has 2 aliphatic heterocycles. The van der Waals surface area contributed by atoms with E-state index >= 15 is 0 Å². The van der Waals surface area contributed by atoms with Crippen molar-refractivity contribution < 1.29 is 9.59 Å². The number of anilines is 1. The van der Waals surface area contributed by atoms with Crippen molar-refractivity contribution in [1.82, 2.24) is 9.80 Å². The van der Waals surface area contributed by atoms with Gasteiger partial charge in [0.25, 0.3) is 5.91 Å². The zero-order valence-corrected chi connectivity index (χ0v) is 18.3. The molecule has 0 spiro atoms. The number of hydrogen-bond donors (Lipinski definition) is 1. The van der Waals surface area contributed by atoms with Crippen LogP contribution in [-0.2, 0) is 11.3 Å². The van der Waals surface area contributed by atoms with Crippen molar-refractivity contribution in [3.63, 3.8) is 0 Å². The number of piperidine rings is 1. The second-order valence-corrected chi connectivity index (χ2v) is 8.78. The molecule has 2 aromatic carbocycles. The summed E-state index contributed by atoms with van der Waals surface area (Å²) in [6, 6.07) is 17.9. The van der Waals surface area contributed by atoms with Crippen LogP contribution < -0.4 is 5.32 Å². The molecular weight excluding hydrogens is 386 g/mol. The Kier molecular flexibility index (Phi) is 7.36. The summed E-state index contributed by atoms with van der Waals surface area (Å²) in [5, 5.41) is 3.08. The highest BCUT2D eigenvalue weighted by Gasteiger charge is 2.27. The Morgan fingerprint density at radius 1 is 0.806 bits per heavy atom. The molecule has 164 valence electrons. The van der Waals surface area contributed by atoms with Gasteiger partial charge >= 0.3 is 0 Å². The second kappa shape index (κ2) is 10.6. The van der Waals surface area contributed by atoms with Crippen LogP contribution in [0.4, 0.5) is 5.69 Å². The predicted octanol–water partition coefficient (Wildman–Crippen LogP) is 4.55. The summed E-state index contributed by atoms with van der Waals surface area (Å²) in [5.74, 6) is 0.0688. The molecule has 2 heterocycles. The standard InChI is InChI=1S/C26H33N3O2/c30-25(22-14-18-28(19-15-22)20-21-10-4-3-5-11-21)27-24-13-7-6-12-23(24)26(31)29-16-8-1-2-9-17-29/h3-7,10-13,22H,1-2,8-9,14-20H2,(H,27,30). The monoisotopic (exact) mass is 419 g/mol. The Morgan fingerprint density at radius 2 is 1.45 bits per heavy atom. The van der Waals surface area contributed by atoms with Crippen molar-refractivity contribution in [3.8, 4) is 0 Å². The number of rotatable bonds is 5. The van der Waals surface area contributed by atoms with Crippen LogP contribution in [0, 0.1) is 5.92 Å². The lowest BCUT2D eigenvalue weighted by Crippen LogP contribution is -2.38. The minimum atomic E-state index is -0.00614. The first-order chi connectivity index (χ1) is 15.2. The molecule has 2 amide bonds. The average Bonchev–Trinajstić information content (AvgIpc) is 3.10. The van der Waals surface area contributed by atoms with Gasteiger partial charge in [-0.3, -0.25) is 14.5 Å². The van der Waals surface area contributed by atoms with Crippen molar-refractivity contribution >= 4 is 17.5 Å². The molecule has 0 saturated carbocycles. The third-order valence-corrected chi connectivity index (χ3v) is 6.52. The van der Waals surface area contributed by atoms with Crippen molar-refractivity contribution in [3.05, 3.63) is 65.7 Å². The molecule has 0 aliphatic carbocycles. The number of carbonyl (C=O) groups excluding carboxylic acids is 2. The molecule has 0 atom stereocenters. The summed E-state index contributed by atoms with van der Waals surface area (Å²) in [4.78, 5) is 30.5. The van der Waals surface area contributed by atoms with E-state index in [4.69, 9.17) is 0 Å². The quantitative estimate of drug-likeness (QED) is 0.773. The average molecular weight is 420 g/mol. The normalized spacial score (nSPS) is 18.4. The number of likely N-dealkylation sites (tertiary alicyclic amines) is 2. The zero-order valence-electron chi connectivity index (χ0n) is 18.3. The van der Waals surface area contributed by atoms with E-state index in [0.29, 0.717) is 11.3 Å². The highest BCUT2D eigenvalue weighted by molar-refractivity contribution is 6.04. The number of benzene rings is 2. The van der Waals surface area contributed by atoms with Gasteiger partial charge in [0.1, 0.15) is 0 Å². The minimum absolute atomic E-state index is 0.00614. The summed E-state index contributed by atoms with van der Waals surface area (Å²) < 4.78 is 0. The van der Waals surface area contributed by atoms with Gasteiger partial charge in [-0.2, -0.15) is 0 Å². The largest absolute Gasteiger partial charge is 0.339 e. The molecule has 2 aromatic rings. The highest BCUT2D eigenvalue weighted by Crippen LogP contribution is 2.24. The number of para-hydroxylation sites is 1. The number of nitrogens with one attached hydrogen (secondary N) is 1. The lowest BCUT2D eigenvalue weighted by molar-refractivity contribution is -0.121. The molecule has 4 rings (SSSR count). The van der Waals surface area contributed by atoms with Crippen LogP contribution in [0.15, 0.2) is 54.6 Å². The summed E-state index contributed by atoms with van der Waals surface area (Å²) >= 11 is 0. The molecule has 0 unspecified atom stereocenters. The summed E-state index contributed by atoms with van der Waals surface area (Å²) in [5.41, 5.74) is 2.57. The zero-order chi connectivity index (χ0) is 21.5. The van der Waals surface area contributed by atoms with Crippen LogP contribution in [0.5, 0.6) is 0 Å². The Labute approximate surface area is 185 Å². The molecule has 0 radical (unpaired) electrons. The van der Waals surface area contributed by atoms with Crippen molar-refractivity contribution in [1.29, 1.82) is 0 Å². The summed E-state index contributed by atoms with van der Waals surface area (Å²) in [6.45, 7) is 4.38. The van der Waals surface area contributed by atoms with Crippen LogP contribution in [0.2, 0.25) is 0 Å². The van der Waals surface area contributed by atoms with E-state index in [0.717, 1.165) is 58.4 Å². The van der Waals surface area contributed by atoms with Crippen LogP contribution in [0.3, 0.4) is 0 Å². The van der Waals surface area contributed by atoms with E-state index in [1.807, 2.05) is 35.2 Å². The fourth-order valence-corrected chi connectivity index (χ4v) is 4.65. The van der Waals surface area contributed by atoms with Gasteiger partial charge in [-0.15, -0.1) is 0 Å². The Hall–Kier alpha value is -2.66. The first-order valence-corrected chi connectivity index (χ1v) is 11.7. The van der Waals surface area contributed by atoms with Crippen LogP contribution >= 0.6 is 0 Å². The molecule has 0 aromatic heterocycles. The fourth-order valence-electron chi connectivity index (χ4n) is 4.65. The van der Waals surface area contributed by atoms with E-state index in [1.165, 1.54) is 18.4 Å². The maximum atomic E-state index is 13.1. The maximum Gasteiger partial charge on any atom is 0.255 e. The van der Waals surface area contributed by atoms with Crippen LogP contribution in [0.1, 0.15) is 54.4 Å². The van der Waals surface area contributed by atoms with Gasteiger partial charge in [-0.1, -0.05) is 55.3 Å². The molecule has 1 N–H and O–H groups in total. The summed E-state index contributed by atoms with van der Waals surface area (Å²) in [7, 11) is 0. The summed E-state index contributed by atoms with van der Waals surface area (Å²) in [6.07, 6.45) is 6.18. The third-order valence-electron chi connectivity index (χ3n) is 6.52. The van der Waals surface area contributed by atoms with Crippen LogP contribution in [0.25, 0.3) is 0 Å². The van der Waals surface area contributed by atoms with E-state index < -0.39 is 0 Å². The number of nitrogens with zero attached hydrogens (tertiary/aromatic N) is 2. The second-order valence-electron chi connectivity index (χ2n) is 8.78. The van der Waals surface area contributed by atoms with Crippen LogP contribution in [-0.4, -0.2) is 47.8 Å². The molecule has 31 heavy (non-hydrogen) atoms. The number of hydrogen-bond acceptors (Lipinski definition) is 3.